The molecule has 1 fully saturated rings. The fourth-order valence-corrected chi connectivity index (χ4v) is 5.25. The summed E-state index contributed by atoms with van der Waals surface area (Å²) in [4.78, 5) is 25.9. The Morgan fingerprint density at radius 1 is 0.871 bits per heavy atom. The highest BCUT2D eigenvalue weighted by Gasteiger charge is 2.69. The molecule has 0 aromatic heterocycles. The summed E-state index contributed by atoms with van der Waals surface area (Å²) in [5, 5.41) is 0.715. The number of carbonyl (C=O) groups excluding carboxylic acids is 2. The molecule has 2 aromatic rings. The molecule has 0 spiro atoms. The van der Waals surface area contributed by atoms with Gasteiger partial charge in [-0.3, -0.25) is 9.59 Å². The maximum Gasteiger partial charge on any atom is 0.313 e. The van der Waals surface area contributed by atoms with Crippen LogP contribution in [-0.4, -0.2) is 40.4 Å². The molecule has 0 amide bonds. The third kappa shape index (κ3) is 3.06. The molecular weight excluding hydrogens is 447 g/mol. The normalized spacial score (nSPS) is 25.7. The highest BCUT2D eigenvalue weighted by atomic mass is 35.5. The number of hydrogen-bond donors (Lipinski definition) is 0. The number of rotatable bonds is 5. The van der Waals surface area contributed by atoms with Crippen molar-refractivity contribution < 1.29 is 33.3 Å². The average molecular weight is 467 g/mol. The molecule has 164 valence electrons. The number of halogens is 2. The predicted octanol–water partition coefficient (Wildman–Crippen LogP) is 3.92. The Morgan fingerprint density at radius 2 is 1.45 bits per heavy atom. The van der Waals surface area contributed by atoms with Crippen LogP contribution in [0.4, 0.5) is 0 Å². The fourth-order valence-electron chi connectivity index (χ4n) is 4.72. The van der Waals surface area contributed by atoms with Gasteiger partial charge in [-0.15, -0.1) is 0 Å². The summed E-state index contributed by atoms with van der Waals surface area (Å²) in [6.07, 6.45) is -0.774. The van der Waals surface area contributed by atoms with Gasteiger partial charge in [0, 0.05) is 10.0 Å². The first kappa shape index (κ1) is 21.7. The summed E-state index contributed by atoms with van der Waals surface area (Å²) in [5.74, 6) is -2.26. The van der Waals surface area contributed by atoms with E-state index in [4.69, 9.17) is 46.9 Å². The summed E-state index contributed by atoms with van der Waals surface area (Å²) in [5.41, 5.74) is 0.455. The molecule has 9 heteroatoms. The molecule has 2 aliphatic rings. The summed E-state index contributed by atoms with van der Waals surface area (Å²) in [6.45, 7) is 0. The monoisotopic (exact) mass is 466 g/mol. The second kappa shape index (κ2) is 7.89. The number of ether oxygens (including phenoxy) is 5. The summed E-state index contributed by atoms with van der Waals surface area (Å²) in [7, 11) is 5.55. The predicted molar refractivity (Wildman–Crippen MR) is 112 cm³/mol. The lowest BCUT2D eigenvalue weighted by molar-refractivity contribution is -0.158. The minimum Gasteiger partial charge on any atom is -0.493 e. The Bertz CT molecular complexity index is 1050. The standard InChI is InChI=1S/C22H20Cl2O7/c1-27-15-8-13-14(9-16(15)28-2)22(10-5-11(23)7-12(24)6-10)18(21(26)30-4)17(19(13)31-22)20(25)29-3/h5-9,17-19H,1-4H3/t17?,18?,19-,22+/m1/s1. The number of benzene rings is 2. The van der Waals surface area contributed by atoms with Crippen LogP contribution in [0.1, 0.15) is 22.8 Å². The molecule has 1 saturated heterocycles. The van der Waals surface area contributed by atoms with Crippen molar-refractivity contribution >= 4 is 35.1 Å². The van der Waals surface area contributed by atoms with Crippen LogP contribution in [0, 0.1) is 11.8 Å². The lowest BCUT2D eigenvalue weighted by atomic mass is 9.66. The van der Waals surface area contributed by atoms with Gasteiger partial charge in [0.25, 0.3) is 0 Å². The molecule has 2 heterocycles. The first-order valence-corrected chi connectivity index (χ1v) is 10.1. The second-order valence-electron chi connectivity index (χ2n) is 7.28. The van der Waals surface area contributed by atoms with Gasteiger partial charge >= 0.3 is 11.9 Å². The van der Waals surface area contributed by atoms with E-state index in [-0.39, 0.29) is 0 Å². The van der Waals surface area contributed by atoms with Crippen molar-refractivity contribution in [3.63, 3.8) is 0 Å². The maximum atomic E-state index is 13.0. The van der Waals surface area contributed by atoms with Crippen LogP contribution in [0.15, 0.2) is 30.3 Å². The van der Waals surface area contributed by atoms with Crippen LogP contribution < -0.4 is 9.47 Å². The number of hydrogen-bond acceptors (Lipinski definition) is 7. The van der Waals surface area contributed by atoms with Gasteiger partial charge in [0.05, 0.1) is 34.5 Å². The van der Waals surface area contributed by atoms with Gasteiger partial charge in [0.15, 0.2) is 11.5 Å². The molecular formula is C22H20Cl2O7. The van der Waals surface area contributed by atoms with Crippen LogP contribution in [-0.2, 0) is 29.4 Å². The van der Waals surface area contributed by atoms with E-state index in [1.165, 1.54) is 28.4 Å². The van der Waals surface area contributed by atoms with Crippen LogP contribution >= 0.6 is 23.2 Å². The molecule has 4 rings (SSSR count). The van der Waals surface area contributed by atoms with Crippen molar-refractivity contribution in [2.24, 2.45) is 11.8 Å². The Balaban J connectivity index is 2.07. The van der Waals surface area contributed by atoms with E-state index in [9.17, 15) is 9.59 Å². The molecule has 0 saturated carbocycles. The van der Waals surface area contributed by atoms with E-state index < -0.39 is 35.5 Å². The van der Waals surface area contributed by atoms with Crippen molar-refractivity contribution in [3.8, 4) is 11.5 Å². The van der Waals surface area contributed by atoms with E-state index in [0.717, 1.165) is 0 Å². The molecule has 2 unspecified atom stereocenters. The lowest BCUT2D eigenvalue weighted by Crippen LogP contribution is -2.45. The maximum absolute atomic E-state index is 13.0. The highest BCUT2D eigenvalue weighted by molar-refractivity contribution is 6.34. The third-order valence-electron chi connectivity index (χ3n) is 5.92. The average Bonchev–Trinajstić information content (AvgIpc) is 3.29. The molecule has 0 N–H and O–H groups in total. The van der Waals surface area contributed by atoms with E-state index in [2.05, 4.69) is 0 Å². The molecule has 2 aliphatic heterocycles. The molecule has 2 bridgehead atoms. The molecule has 0 aliphatic carbocycles. The van der Waals surface area contributed by atoms with Gasteiger partial charge in [-0.25, -0.2) is 0 Å². The van der Waals surface area contributed by atoms with Gasteiger partial charge < -0.3 is 23.7 Å². The number of fused-ring (bicyclic) bond motifs is 5. The zero-order valence-corrected chi connectivity index (χ0v) is 18.7. The largest absolute Gasteiger partial charge is 0.493 e. The summed E-state index contributed by atoms with van der Waals surface area (Å²) in [6, 6.07) is 8.38. The fraction of sp³-hybridized carbons (Fsp3) is 0.364. The van der Waals surface area contributed by atoms with Gasteiger partial charge in [-0.2, -0.15) is 0 Å². The van der Waals surface area contributed by atoms with Crippen molar-refractivity contribution in [3.05, 3.63) is 57.1 Å². The van der Waals surface area contributed by atoms with Crippen molar-refractivity contribution in [2.75, 3.05) is 28.4 Å². The highest BCUT2D eigenvalue weighted by Crippen LogP contribution is 2.65. The van der Waals surface area contributed by atoms with E-state index in [1.807, 2.05) is 0 Å². The minimum atomic E-state index is -1.39. The quantitative estimate of drug-likeness (QED) is 0.617. The molecule has 2 aromatic carbocycles. The van der Waals surface area contributed by atoms with E-state index in [0.29, 0.717) is 38.2 Å². The topological polar surface area (TPSA) is 80.3 Å². The van der Waals surface area contributed by atoms with Crippen molar-refractivity contribution in [1.29, 1.82) is 0 Å². The SMILES string of the molecule is COC(=O)C1C(C(=O)OC)[C@@]2(c3cc(Cl)cc(Cl)c3)O[C@@H]1c1cc(OC)c(OC)cc12. The Morgan fingerprint density at radius 3 is 2.00 bits per heavy atom. The van der Waals surface area contributed by atoms with Crippen LogP contribution in [0.3, 0.4) is 0 Å². The van der Waals surface area contributed by atoms with E-state index in [1.54, 1.807) is 30.3 Å². The van der Waals surface area contributed by atoms with Crippen LogP contribution in [0.5, 0.6) is 11.5 Å². The number of esters is 2. The van der Waals surface area contributed by atoms with Crippen LogP contribution in [0.25, 0.3) is 0 Å². The minimum absolute atomic E-state index is 0.357. The first-order chi connectivity index (χ1) is 14.8. The van der Waals surface area contributed by atoms with Crippen LogP contribution in [0.2, 0.25) is 10.0 Å². The van der Waals surface area contributed by atoms with Gasteiger partial charge in [0.1, 0.15) is 17.4 Å². The van der Waals surface area contributed by atoms with Gasteiger partial charge in [0.2, 0.25) is 0 Å². The number of methoxy groups -OCH3 is 4. The second-order valence-corrected chi connectivity index (χ2v) is 8.15. The summed E-state index contributed by atoms with van der Waals surface area (Å²) >= 11 is 12.6. The zero-order valence-electron chi connectivity index (χ0n) is 17.2. The van der Waals surface area contributed by atoms with E-state index >= 15 is 0 Å². The first-order valence-electron chi connectivity index (χ1n) is 9.38. The Kier molecular flexibility index (Phi) is 5.54. The van der Waals surface area contributed by atoms with Crippen molar-refractivity contribution in [1.82, 2.24) is 0 Å². The molecule has 0 radical (unpaired) electrons. The Hall–Kier alpha value is -2.48. The third-order valence-corrected chi connectivity index (χ3v) is 6.35. The molecule has 31 heavy (non-hydrogen) atoms. The molecule has 4 atom stereocenters. The van der Waals surface area contributed by atoms with Gasteiger partial charge in [-0.05, 0) is 47.0 Å². The lowest BCUT2D eigenvalue weighted by Gasteiger charge is -2.36. The smallest absolute Gasteiger partial charge is 0.313 e. The molecule has 7 nitrogen and oxygen atoms in total. The summed E-state index contributed by atoms with van der Waals surface area (Å²) < 4.78 is 27.5. The zero-order chi connectivity index (χ0) is 22.5. The number of carbonyl (C=O) groups is 2. The van der Waals surface area contributed by atoms with Crippen molar-refractivity contribution in [2.45, 2.75) is 11.7 Å². The van der Waals surface area contributed by atoms with Gasteiger partial charge in [-0.1, -0.05) is 23.2 Å². The Labute approximate surface area is 189 Å².